The van der Waals surface area contributed by atoms with Crippen molar-refractivity contribution in [1.82, 2.24) is 4.90 Å². The molecule has 0 aromatic heterocycles. The molecular weight excluding hydrogens is 462 g/mol. The molecule has 4 fully saturated rings. The number of carbonyl (C=O) groups is 1. The number of benzene rings is 1. The predicted molar refractivity (Wildman–Crippen MR) is 145 cm³/mol. The van der Waals surface area contributed by atoms with Crippen molar-refractivity contribution in [1.29, 1.82) is 0 Å². The van der Waals surface area contributed by atoms with Gasteiger partial charge in [0.25, 0.3) is 0 Å². The highest BCUT2D eigenvalue weighted by Crippen LogP contribution is 2.68. The van der Waals surface area contributed by atoms with Crippen LogP contribution in [0.25, 0.3) is 0 Å². The first-order chi connectivity index (χ1) is 17.6. The summed E-state index contributed by atoms with van der Waals surface area (Å²) in [5.74, 6) is 2.13. The monoisotopic (exact) mass is 511 g/mol. The zero-order valence-corrected chi connectivity index (χ0v) is 23.4. The molecule has 1 aromatic rings. The van der Waals surface area contributed by atoms with Crippen molar-refractivity contribution in [3.63, 3.8) is 0 Å². The van der Waals surface area contributed by atoms with Gasteiger partial charge in [0.05, 0.1) is 18.3 Å². The van der Waals surface area contributed by atoms with Crippen molar-refractivity contribution in [3.05, 3.63) is 35.9 Å². The summed E-state index contributed by atoms with van der Waals surface area (Å²) in [5.41, 5.74) is 1.04. The highest BCUT2D eigenvalue weighted by atomic mass is 16.3. The van der Waals surface area contributed by atoms with E-state index in [9.17, 15) is 20.1 Å². The van der Waals surface area contributed by atoms with Crippen LogP contribution in [0.3, 0.4) is 0 Å². The van der Waals surface area contributed by atoms with Crippen molar-refractivity contribution in [2.45, 2.75) is 103 Å². The maximum Gasteiger partial charge on any atom is 0.222 e. The SMILES string of the molecule is CC(CCC(=O)N(C)Cc1ccccc1)C1CCC2C3C(O)CC4CC(O)CCC4(C)C3CC(O)C12C. The van der Waals surface area contributed by atoms with Crippen LogP contribution in [-0.4, -0.2) is 51.5 Å². The van der Waals surface area contributed by atoms with Gasteiger partial charge in [0.15, 0.2) is 0 Å². The highest BCUT2D eigenvalue weighted by molar-refractivity contribution is 5.75. The lowest BCUT2D eigenvalue weighted by Gasteiger charge is -2.63. The minimum Gasteiger partial charge on any atom is -0.393 e. The lowest BCUT2D eigenvalue weighted by Crippen LogP contribution is -2.62. The van der Waals surface area contributed by atoms with Gasteiger partial charge < -0.3 is 20.2 Å². The molecule has 3 N–H and O–H groups in total. The van der Waals surface area contributed by atoms with Gasteiger partial charge in [0, 0.05) is 20.0 Å². The van der Waals surface area contributed by atoms with Crippen LogP contribution in [-0.2, 0) is 11.3 Å². The molecule has 5 heteroatoms. The van der Waals surface area contributed by atoms with Crippen LogP contribution in [0.15, 0.2) is 30.3 Å². The average Bonchev–Trinajstić information content (AvgIpc) is 3.23. The number of aliphatic hydroxyl groups is 3. The first-order valence-corrected chi connectivity index (χ1v) is 14.9. The summed E-state index contributed by atoms with van der Waals surface area (Å²) < 4.78 is 0. The smallest absolute Gasteiger partial charge is 0.222 e. The van der Waals surface area contributed by atoms with Gasteiger partial charge >= 0.3 is 0 Å². The number of nitrogens with zero attached hydrogens (tertiary/aromatic N) is 1. The van der Waals surface area contributed by atoms with Gasteiger partial charge in [-0.25, -0.2) is 0 Å². The Hall–Kier alpha value is -1.43. The molecule has 4 saturated carbocycles. The molecule has 4 aliphatic carbocycles. The summed E-state index contributed by atoms with van der Waals surface area (Å²) in [5, 5.41) is 33.5. The maximum absolute atomic E-state index is 12.9. The fraction of sp³-hybridized carbons (Fsp3) is 0.781. The maximum atomic E-state index is 12.9. The van der Waals surface area contributed by atoms with Gasteiger partial charge in [-0.2, -0.15) is 0 Å². The molecule has 206 valence electrons. The van der Waals surface area contributed by atoms with E-state index in [-0.39, 0.29) is 41.0 Å². The van der Waals surface area contributed by atoms with E-state index < -0.39 is 0 Å². The van der Waals surface area contributed by atoms with Gasteiger partial charge in [-0.05, 0) is 103 Å². The van der Waals surface area contributed by atoms with Crippen molar-refractivity contribution >= 4 is 5.91 Å². The standard InChI is InChI=1S/C32H49NO4/c1-20(10-13-29(37)33(4)19-21-8-6-5-7-9-21)24-11-12-25-30-26(18-28(36)32(24,25)3)31(2)15-14-23(34)16-22(31)17-27(30)35/h5-9,20,22-28,30,34-36H,10-19H2,1-4H3. The van der Waals surface area contributed by atoms with Crippen LogP contribution in [0.5, 0.6) is 0 Å². The number of fused-ring (bicyclic) bond motifs is 5. The van der Waals surface area contributed by atoms with Crippen LogP contribution in [0.4, 0.5) is 0 Å². The molecule has 0 heterocycles. The molecule has 4 aliphatic rings. The molecule has 1 amide bonds. The van der Waals surface area contributed by atoms with Crippen molar-refractivity contribution < 1.29 is 20.1 Å². The zero-order valence-electron chi connectivity index (χ0n) is 23.4. The van der Waals surface area contributed by atoms with E-state index in [4.69, 9.17) is 0 Å². The largest absolute Gasteiger partial charge is 0.393 e. The summed E-state index contributed by atoms with van der Waals surface area (Å²) in [6, 6.07) is 10.1. The second-order valence-electron chi connectivity index (χ2n) is 13.8. The van der Waals surface area contributed by atoms with Crippen LogP contribution in [0.2, 0.25) is 0 Å². The van der Waals surface area contributed by atoms with E-state index in [2.05, 4.69) is 32.9 Å². The van der Waals surface area contributed by atoms with E-state index in [0.717, 1.165) is 56.9 Å². The molecule has 0 radical (unpaired) electrons. The second kappa shape index (κ2) is 10.3. The minimum atomic E-state index is -0.375. The molecule has 11 unspecified atom stereocenters. The lowest BCUT2D eigenvalue weighted by atomic mass is 9.43. The Morgan fingerprint density at radius 1 is 1.03 bits per heavy atom. The van der Waals surface area contributed by atoms with Gasteiger partial charge in [-0.3, -0.25) is 4.79 Å². The number of hydrogen-bond donors (Lipinski definition) is 3. The Balaban J connectivity index is 1.26. The number of carbonyl (C=O) groups excluding carboxylic acids is 1. The molecule has 0 saturated heterocycles. The fourth-order valence-electron chi connectivity index (χ4n) is 9.82. The van der Waals surface area contributed by atoms with Crippen LogP contribution < -0.4 is 0 Å². The van der Waals surface area contributed by atoms with Crippen LogP contribution in [0.1, 0.15) is 84.1 Å². The number of amides is 1. The summed E-state index contributed by atoms with van der Waals surface area (Å²) >= 11 is 0. The molecule has 0 spiro atoms. The zero-order chi connectivity index (χ0) is 26.5. The Kier molecular flexibility index (Phi) is 7.54. The molecule has 0 bridgehead atoms. The molecule has 0 aliphatic heterocycles. The normalized spacial score (nSPS) is 43.9. The Bertz CT molecular complexity index is 953. The van der Waals surface area contributed by atoms with Gasteiger partial charge in [-0.15, -0.1) is 0 Å². The van der Waals surface area contributed by atoms with Gasteiger partial charge in [0.1, 0.15) is 0 Å². The van der Waals surface area contributed by atoms with E-state index in [1.165, 1.54) is 0 Å². The number of rotatable bonds is 6. The van der Waals surface area contributed by atoms with Crippen molar-refractivity contribution in [2.75, 3.05) is 7.05 Å². The number of hydrogen-bond acceptors (Lipinski definition) is 4. The highest BCUT2D eigenvalue weighted by Gasteiger charge is 2.65. The van der Waals surface area contributed by atoms with E-state index in [1.807, 2.05) is 30.1 Å². The third-order valence-electron chi connectivity index (χ3n) is 12.0. The van der Waals surface area contributed by atoms with Gasteiger partial charge in [0.2, 0.25) is 5.91 Å². The number of aliphatic hydroxyl groups excluding tert-OH is 3. The molecule has 5 nitrogen and oxygen atoms in total. The van der Waals surface area contributed by atoms with Crippen molar-refractivity contribution in [3.8, 4) is 0 Å². The van der Waals surface area contributed by atoms with Crippen molar-refractivity contribution in [2.24, 2.45) is 46.3 Å². The predicted octanol–water partition coefficient (Wildman–Crippen LogP) is 5.02. The second-order valence-corrected chi connectivity index (χ2v) is 13.8. The third-order valence-corrected chi connectivity index (χ3v) is 12.0. The molecule has 5 rings (SSSR count). The lowest BCUT2D eigenvalue weighted by molar-refractivity contribution is -0.207. The Labute approximate surface area is 223 Å². The Morgan fingerprint density at radius 2 is 1.76 bits per heavy atom. The van der Waals surface area contributed by atoms with Gasteiger partial charge in [-0.1, -0.05) is 51.1 Å². The van der Waals surface area contributed by atoms with E-state index in [0.29, 0.717) is 42.6 Å². The fourth-order valence-corrected chi connectivity index (χ4v) is 9.82. The summed E-state index contributed by atoms with van der Waals surface area (Å²) in [6.45, 7) is 7.59. The topological polar surface area (TPSA) is 81.0 Å². The molecule has 37 heavy (non-hydrogen) atoms. The quantitative estimate of drug-likeness (QED) is 0.501. The summed E-state index contributed by atoms with van der Waals surface area (Å²) in [4.78, 5) is 14.8. The molecule has 11 atom stereocenters. The Morgan fingerprint density at radius 3 is 2.49 bits per heavy atom. The third kappa shape index (κ3) is 4.67. The summed E-state index contributed by atoms with van der Waals surface area (Å²) in [7, 11) is 1.89. The molecular formula is C32H49NO4. The van der Waals surface area contributed by atoms with E-state index >= 15 is 0 Å². The molecule has 1 aromatic carbocycles. The van der Waals surface area contributed by atoms with E-state index in [1.54, 1.807) is 0 Å². The average molecular weight is 512 g/mol. The summed E-state index contributed by atoms with van der Waals surface area (Å²) in [6.07, 6.45) is 6.74. The van der Waals surface area contributed by atoms with Crippen LogP contribution in [0, 0.1) is 46.3 Å². The van der Waals surface area contributed by atoms with Crippen LogP contribution >= 0.6 is 0 Å². The minimum absolute atomic E-state index is 0.102. The first kappa shape index (κ1) is 27.1. The first-order valence-electron chi connectivity index (χ1n) is 14.9.